The number of benzene rings is 8. The van der Waals surface area contributed by atoms with E-state index in [1.54, 1.807) is 0 Å². The van der Waals surface area contributed by atoms with E-state index in [9.17, 15) is 0 Å². The van der Waals surface area contributed by atoms with E-state index in [4.69, 9.17) is 10.4 Å². The highest BCUT2D eigenvalue weighted by Gasteiger charge is 2.17. The zero-order chi connectivity index (χ0) is 35.3. The van der Waals surface area contributed by atoms with E-state index in [0.29, 0.717) is 5.84 Å². The van der Waals surface area contributed by atoms with Gasteiger partial charge >= 0.3 is 0 Å². The fourth-order valence-corrected chi connectivity index (χ4v) is 7.72. The van der Waals surface area contributed by atoms with Crippen LogP contribution in [0, 0.1) is 5.41 Å². The molecule has 5 heteroatoms. The monoisotopic (exact) mass is 679 g/mol. The van der Waals surface area contributed by atoms with Crippen LogP contribution in [0.15, 0.2) is 193 Å². The number of hydrogen-bond donors (Lipinski definition) is 2. The fraction of sp³-hybridized carbons (Fsp3) is 0. The van der Waals surface area contributed by atoms with Gasteiger partial charge in [-0.05, 0) is 59.0 Å². The summed E-state index contributed by atoms with van der Waals surface area (Å²) in [5.74, 6) is 0.788. The quantitative estimate of drug-likeness (QED) is 0.138. The van der Waals surface area contributed by atoms with E-state index in [0.717, 1.165) is 44.1 Å². The molecular formula is C48H33N5. The smallest absolute Gasteiger partial charge is 0.154 e. The van der Waals surface area contributed by atoms with E-state index < -0.39 is 0 Å². The van der Waals surface area contributed by atoms with Gasteiger partial charge in [-0.3, -0.25) is 15.5 Å². The van der Waals surface area contributed by atoms with Gasteiger partial charge in [-0.15, -0.1) is 0 Å². The predicted octanol–water partition coefficient (Wildman–Crippen LogP) is 11.7. The van der Waals surface area contributed by atoms with E-state index >= 15 is 0 Å². The molecule has 0 bridgehead atoms. The Balaban J connectivity index is 1.11. The number of aliphatic imine (C=N–C) groups is 1. The van der Waals surface area contributed by atoms with Crippen LogP contribution in [-0.4, -0.2) is 20.9 Å². The van der Waals surface area contributed by atoms with Crippen LogP contribution in [0.3, 0.4) is 0 Å². The molecule has 2 heterocycles. The Labute approximate surface area is 306 Å². The molecule has 10 aromatic rings. The first-order valence-electron chi connectivity index (χ1n) is 17.8. The number of fused-ring (bicyclic) bond motifs is 7. The Hall–Kier alpha value is -7.24. The standard InChI is InChI=1S/C48H33N5/c49-47(33-15-3-1-4-16-33)50-48(34-17-5-2-6-18-34)51-53-45-24-12-10-22-39(45)41-31-36(27-29-46(41)53)35-26-28-44-40(30-35)38-21-9-11-23-43(38)52(44)42-25-13-19-32-14-7-8-20-37(32)42/h1-31H,(H2,49,50,51). The second-order valence-corrected chi connectivity index (χ2v) is 13.3. The highest BCUT2D eigenvalue weighted by atomic mass is 15.4. The third kappa shape index (κ3) is 5.17. The molecule has 5 nitrogen and oxygen atoms in total. The van der Waals surface area contributed by atoms with Gasteiger partial charge in [0.25, 0.3) is 0 Å². The van der Waals surface area contributed by atoms with Gasteiger partial charge in [-0.2, -0.15) is 0 Å². The summed E-state index contributed by atoms with van der Waals surface area (Å²) in [6, 6.07) is 65.5. The zero-order valence-electron chi connectivity index (χ0n) is 28.7. The summed E-state index contributed by atoms with van der Waals surface area (Å²) >= 11 is 0. The molecule has 53 heavy (non-hydrogen) atoms. The lowest BCUT2D eigenvalue weighted by Crippen LogP contribution is -2.25. The van der Waals surface area contributed by atoms with Crippen molar-refractivity contribution in [2.24, 2.45) is 4.99 Å². The molecule has 10 rings (SSSR count). The molecule has 0 spiro atoms. The Morgan fingerprint density at radius 2 is 0.943 bits per heavy atom. The summed E-state index contributed by atoms with van der Waals surface area (Å²) in [5.41, 5.74) is 13.2. The van der Waals surface area contributed by atoms with Crippen molar-refractivity contribution in [2.75, 3.05) is 5.43 Å². The van der Waals surface area contributed by atoms with Gasteiger partial charge in [0.05, 0.1) is 27.8 Å². The molecular weight excluding hydrogens is 647 g/mol. The van der Waals surface area contributed by atoms with E-state index in [2.05, 4.69) is 142 Å². The molecule has 0 aliphatic carbocycles. The third-order valence-electron chi connectivity index (χ3n) is 10.2. The molecule has 0 fully saturated rings. The minimum atomic E-state index is 0.192. The summed E-state index contributed by atoms with van der Waals surface area (Å²) in [5, 5.41) is 16.0. The highest BCUT2D eigenvalue weighted by Crippen LogP contribution is 2.38. The minimum absolute atomic E-state index is 0.192. The molecule has 0 radical (unpaired) electrons. The summed E-state index contributed by atoms with van der Waals surface area (Å²) in [4.78, 5) is 4.83. The number of amidine groups is 2. The Bertz CT molecular complexity index is 3040. The van der Waals surface area contributed by atoms with Crippen molar-refractivity contribution in [3.8, 4) is 16.8 Å². The molecule has 0 aliphatic heterocycles. The normalized spacial score (nSPS) is 12.0. The van der Waals surface area contributed by atoms with E-state index in [1.165, 1.54) is 38.3 Å². The van der Waals surface area contributed by atoms with Gasteiger partial charge in [-0.25, -0.2) is 4.99 Å². The lowest BCUT2D eigenvalue weighted by Gasteiger charge is -2.15. The molecule has 0 atom stereocenters. The number of para-hydroxylation sites is 2. The van der Waals surface area contributed by atoms with Gasteiger partial charge < -0.3 is 4.57 Å². The second kappa shape index (κ2) is 12.5. The van der Waals surface area contributed by atoms with Gasteiger partial charge in [0.2, 0.25) is 0 Å². The van der Waals surface area contributed by atoms with Crippen LogP contribution in [-0.2, 0) is 0 Å². The van der Waals surface area contributed by atoms with Crippen molar-refractivity contribution in [1.82, 2.24) is 9.24 Å². The number of nitrogens with zero attached hydrogens (tertiary/aromatic N) is 3. The van der Waals surface area contributed by atoms with Crippen LogP contribution in [0.4, 0.5) is 0 Å². The molecule has 0 aliphatic rings. The van der Waals surface area contributed by atoms with Crippen molar-refractivity contribution in [3.05, 3.63) is 199 Å². The predicted molar refractivity (Wildman–Crippen MR) is 222 cm³/mol. The maximum atomic E-state index is 8.84. The first kappa shape index (κ1) is 30.6. The Morgan fingerprint density at radius 3 is 1.68 bits per heavy atom. The van der Waals surface area contributed by atoms with Gasteiger partial charge in [-0.1, -0.05) is 146 Å². The largest absolute Gasteiger partial charge is 0.309 e. The van der Waals surface area contributed by atoms with E-state index in [-0.39, 0.29) is 5.84 Å². The molecule has 0 saturated carbocycles. The maximum absolute atomic E-state index is 8.84. The SMILES string of the molecule is N=C(N=C(Nn1c2ccccc2c2cc(-c3ccc4c(c3)c3ccccc3n4-c3cccc4ccccc34)ccc21)c1ccccc1)c1ccccc1. The van der Waals surface area contributed by atoms with Crippen molar-refractivity contribution in [3.63, 3.8) is 0 Å². The van der Waals surface area contributed by atoms with Gasteiger partial charge in [0, 0.05) is 38.1 Å². The molecule has 0 amide bonds. The zero-order valence-corrected chi connectivity index (χ0v) is 28.7. The number of rotatable bonds is 5. The minimum Gasteiger partial charge on any atom is -0.309 e. The Morgan fingerprint density at radius 1 is 0.434 bits per heavy atom. The first-order valence-corrected chi connectivity index (χ1v) is 17.8. The van der Waals surface area contributed by atoms with E-state index in [1.807, 2.05) is 60.7 Å². The lowest BCUT2D eigenvalue weighted by atomic mass is 10.0. The maximum Gasteiger partial charge on any atom is 0.154 e. The van der Waals surface area contributed by atoms with Crippen molar-refractivity contribution < 1.29 is 0 Å². The van der Waals surface area contributed by atoms with Crippen molar-refractivity contribution >= 4 is 66.1 Å². The first-order chi connectivity index (χ1) is 26.2. The fourth-order valence-electron chi connectivity index (χ4n) is 7.72. The van der Waals surface area contributed by atoms with Gasteiger partial charge in [0.1, 0.15) is 0 Å². The molecule has 250 valence electrons. The molecule has 0 saturated heterocycles. The van der Waals surface area contributed by atoms with Crippen molar-refractivity contribution in [2.45, 2.75) is 0 Å². The van der Waals surface area contributed by atoms with Crippen LogP contribution >= 0.6 is 0 Å². The average molecular weight is 680 g/mol. The number of aromatic nitrogens is 2. The summed E-state index contributed by atoms with van der Waals surface area (Å²) in [7, 11) is 0. The molecule has 8 aromatic carbocycles. The molecule has 2 aromatic heterocycles. The van der Waals surface area contributed by atoms with Crippen LogP contribution in [0.2, 0.25) is 0 Å². The van der Waals surface area contributed by atoms with Gasteiger partial charge in [0.15, 0.2) is 11.7 Å². The van der Waals surface area contributed by atoms with Crippen LogP contribution in [0.25, 0.3) is 71.2 Å². The summed E-state index contributed by atoms with van der Waals surface area (Å²) in [6.45, 7) is 0. The second-order valence-electron chi connectivity index (χ2n) is 13.3. The highest BCUT2D eigenvalue weighted by molar-refractivity contribution is 6.17. The topological polar surface area (TPSA) is 58.1 Å². The number of nitrogens with one attached hydrogen (secondary N) is 2. The summed E-state index contributed by atoms with van der Waals surface area (Å²) < 4.78 is 4.50. The van der Waals surface area contributed by atoms with Crippen molar-refractivity contribution in [1.29, 1.82) is 5.41 Å². The Kier molecular flexibility index (Phi) is 7.22. The summed E-state index contributed by atoms with van der Waals surface area (Å²) in [6.07, 6.45) is 0. The number of hydrogen-bond acceptors (Lipinski definition) is 1. The molecule has 0 unspecified atom stereocenters. The average Bonchev–Trinajstić information content (AvgIpc) is 3.72. The third-order valence-corrected chi connectivity index (χ3v) is 10.2. The molecule has 2 N–H and O–H groups in total. The van der Waals surface area contributed by atoms with Crippen LogP contribution in [0.1, 0.15) is 11.1 Å². The van der Waals surface area contributed by atoms with Crippen LogP contribution < -0.4 is 5.43 Å². The van der Waals surface area contributed by atoms with Crippen LogP contribution in [0.5, 0.6) is 0 Å². The lowest BCUT2D eigenvalue weighted by molar-refractivity contribution is 1.08.